The van der Waals surface area contributed by atoms with Crippen LogP contribution in [0.1, 0.15) is 11.1 Å². The summed E-state index contributed by atoms with van der Waals surface area (Å²) in [6.07, 6.45) is 1.37. The van der Waals surface area contributed by atoms with Gasteiger partial charge >= 0.3 is 6.03 Å². The van der Waals surface area contributed by atoms with Crippen LogP contribution in [0.25, 0.3) is 16.8 Å². The number of fused-ring (bicyclic) bond motifs is 1. The maximum absolute atomic E-state index is 12.1. The second-order valence-corrected chi connectivity index (χ2v) is 6.60. The molecular formula is C23H18N2O5. The van der Waals surface area contributed by atoms with Gasteiger partial charge in [-0.25, -0.2) is 4.79 Å². The van der Waals surface area contributed by atoms with Crippen molar-refractivity contribution in [2.45, 2.75) is 6.61 Å². The molecule has 3 aromatic rings. The molecule has 2 N–H and O–H groups in total. The van der Waals surface area contributed by atoms with Crippen molar-refractivity contribution in [1.82, 2.24) is 10.6 Å². The summed E-state index contributed by atoms with van der Waals surface area (Å²) in [7, 11) is 1.51. The normalized spacial score (nSPS) is 13.6. The molecule has 0 radical (unpaired) electrons. The van der Waals surface area contributed by atoms with Gasteiger partial charge in [-0.1, -0.05) is 54.6 Å². The van der Waals surface area contributed by atoms with E-state index >= 15 is 0 Å². The fourth-order valence-electron chi connectivity index (χ4n) is 3.29. The molecule has 1 aliphatic rings. The number of urea groups is 1. The van der Waals surface area contributed by atoms with Crippen molar-refractivity contribution >= 4 is 34.7 Å². The molecule has 0 aliphatic carbocycles. The fourth-order valence-corrected chi connectivity index (χ4v) is 3.29. The van der Waals surface area contributed by atoms with Crippen molar-refractivity contribution in [2.75, 3.05) is 7.11 Å². The van der Waals surface area contributed by atoms with Crippen LogP contribution in [0.2, 0.25) is 0 Å². The van der Waals surface area contributed by atoms with Crippen molar-refractivity contribution < 1.29 is 23.9 Å². The number of amides is 4. The molecule has 1 saturated heterocycles. The number of imide groups is 2. The van der Waals surface area contributed by atoms with E-state index in [1.807, 2.05) is 42.5 Å². The van der Waals surface area contributed by atoms with Gasteiger partial charge in [-0.3, -0.25) is 20.2 Å². The summed E-state index contributed by atoms with van der Waals surface area (Å²) in [5, 5.41) is 6.28. The van der Waals surface area contributed by atoms with E-state index < -0.39 is 17.8 Å². The molecule has 0 bridgehead atoms. The number of ether oxygens (including phenoxy) is 2. The number of nitrogens with one attached hydrogen (secondary N) is 2. The predicted molar refractivity (Wildman–Crippen MR) is 111 cm³/mol. The minimum atomic E-state index is -0.847. The number of carbonyl (C=O) groups excluding carboxylic acids is 3. The number of benzene rings is 3. The third-order valence-electron chi connectivity index (χ3n) is 4.72. The van der Waals surface area contributed by atoms with Crippen molar-refractivity contribution in [1.29, 1.82) is 0 Å². The van der Waals surface area contributed by atoms with Crippen LogP contribution in [0.3, 0.4) is 0 Å². The van der Waals surface area contributed by atoms with Crippen LogP contribution in [0.5, 0.6) is 11.5 Å². The summed E-state index contributed by atoms with van der Waals surface area (Å²) in [5.41, 5.74) is 1.26. The minimum Gasteiger partial charge on any atom is -0.493 e. The molecule has 1 heterocycles. The summed E-state index contributed by atoms with van der Waals surface area (Å²) in [6.45, 7) is 0.259. The van der Waals surface area contributed by atoms with E-state index in [4.69, 9.17) is 9.47 Å². The summed E-state index contributed by atoms with van der Waals surface area (Å²) >= 11 is 0. The smallest absolute Gasteiger partial charge is 0.328 e. The number of hydrogen-bond acceptors (Lipinski definition) is 5. The highest BCUT2D eigenvalue weighted by molar-refractivity contribution is 6.31. The third kappa shape index (κ3) is 3.73. The molecule has 1 aliphatic heterocycles. The number of carbonyl (C=O) groups is 3. The fraction of sp³-hybridized carbons (Fsp3) is 0.0870. The molecule has 0 unspecified atom stereocenters. The van der Waals surface area contributed by atoms with E-state index in [0.29, 0.717) is 17.1 Å². The lowest BCUT2D eigenvalue weighted by molar-refractivity contribution is -0.123. The van der Waals surface area contributed by atoms with Crippen molar-refractivity contribution in [3.05, 3.63) is 77.4 Å². The Labute approximate surface area is 172 Å². The summed E-state index contributed by atoms with van der Waals surface area (Å²) in [6, 6.07) is 18.2. The molecule has 7 heteroatoms. The summed E-state index contributed by atoms with van der Waals surface area (Å²) in [4.78, 5) is 35.4. The highest BCUT2D eigenvalue weighted by Crippen LogP contribution is 2.34. The van der Waals surface area contributed by atoms with Crippen molar-refractivity contribution in [3.8, 4) is 11.5 Å². The Morgan fingerprint density at radius 1 is 0.867 bits per heavy atom. The Bertz CT molecular complexity index is 1170. The van der Waals surface area contributed by atoms with Crippen LogP contribution >= 0.6 is 0 Å². The highest BCUT2D eigenvalue weighted by Gasteiger charge is 2.28. The van der Waals surface area contributed by atoms with Crippen LogP contribution in [-0.4, -0.2) is 25.0 Å². The van der Waals surface area contributed by atoms with Crippen LogP contribution < -0.4 is 20.1 Å². The molecular weight excluding hydrogens is 384 g/mol. The quantitative estimate of drug-likeness (QED) is 0.505. The van der Waals surface area contributed by atoms with E-state index in [1.165, 1.54) is 13.2 Å². The molecule has 0 aromatic heterocycles. The van der Waals surface area contributed by atoms with Crippen molar-refractivity contribution in [3.63, 3.8) is 0 Å². The predicted octanol–water partition coefficient (Wildman–Crippen LogP) is 3.18. The maximum Gasteiger partial charge on any atom is 0.328 e. The first kappa shape index (κ1) is 19.2. The second-order valence-electron chi connectivity index (χ2n) is 6.60. The Hall–Kier alpha value is -4.13. The molecule has 3 aromatic carbocycles. The van der Waals surface area contributed by atoms with Gasteiger partial charge in [-0.15, -0.1) is 0 Å². The molecule has 7 nitrogen and oxygen atoms in total. The van der Waals surface area contributed by atoms with E-state index in [9.17, 15) is 14.4 Å². The first-order valence-corrected chi connectivity index (χ1v) is 9.21. The lowest BCUT2D eigenvalue weighted by Gasteiger charge is -2.17. The average molecular weight is 402 g/mol. The van der Waals surface area contributed by atoms with Gasteiger partial charge in [-0.2, -0.15) is 0 Å². The number of para-hydroxylation sites is 1. The van der Waals surface area contributed by atoms with Crippen LogP contribution in [0, 0.1) is 0 Å². The average Bonchev–Trinajstić information content (AvgIpc) is 2.75. The van der Waals surface area contributed by atoms with Gasteiger partial charge in [0.25, 0.3) is 11.8 Å². The summed E-state index contributed by atoms with van der Waals surface area (Å²) < 4.78 is 11.5. The zero-order valence-electron chi connectivity index (χ0n) is 16.1. The van der Waals surface area contributed by atoms with E-state index in [0.717, 1.165) is 16.3 Å². The molecule has 4 amide bonds. The Balaban J connectivity index is 1.69. The lowest BCUT2D eigenvalue weighted by atomic mass is 10.0. The first-order valence-electron chi connectivity index (χ1n) is 9.21. The molecule has 0 spiro atoms. The zero-order chi connectivity index (χ0) is 21.1. The molecule has 4 rings (SSSR count). The molecule has 0 saturated carbocycles. The first-order chi connectivity index (χ1) is 14.6. The van der Waals surface area contributed by atoms with Gasteiger partial charge in [0.05, 0.1) is 7.11 Å². The lowest BCUT2D eigenvalue weighted by Crippen LogP contribution is -2.51. The van der Waals surface area contributed by atoms with Crippen LogP contribution in [-0.2, 0) is 16.2 Å². The van der Waals surface area contributed by atoms with Gasteiger partial charge in [-0.05, 0) is 28.5 Å². The molecule has 1 fully saturated rings. The van der Waals surface area contributed by atoms with Gasteiger partial charge < -0.3 is 9.47 Å². The van der Waals surface area contributed by atoms with Gasteiger partial charge in [0.1, 0.15) is 12.2 Å². The van der Waals surface area contributed by atoms with Gasteiger partial charge in [0.2, 0.25) is 0 Å². The number of methoxy groups -OCH3 is 1. The monoisotopic (exact) mass is 402 g/mol. The molecule has 150 valence electrons. The Morgan fingerprint density at radius 3 is 2.33 bits per heavy atom. The van der Waals surface area contributed by atoms with Gasteiger partial charge in [0, 0.05) is 5.56 Å². The Morgan fingerprint density at radius 2 is 1.57 bits per heavy atom. The van der Waals surface area contributed by atoms with E-state index in [1.54, 1.807) is 18.2 Å². The number of hydrogen-bond donors (Lipinski definition) is 2. The zero-order valence-corrected chi connectivity index (χ0v) is 16.1. The van der Waals surface area contributed by atoms with E-state index in [2.05, 4.69) is 10.6 Å². The number of barbiturate groups is 1. The second kappa shape index (κ2) is 8.08. The SMILES string of the molecule is COc1cccc(C=C2C(=O)NC(=O)NC2=O)c1OCc1cccc2ccccc12. The highest BCUT2D eigenvalue weighted by atomic mass is 16.5. The topological polar surface area (TPSA) is 93.7 Å². The largest absolute Gasteiger partial charge is 0.493 e. The minimum absolute atomic E-state index is 0.196. The molecule has 30 heavy (non-hydrogen) atoms. The van der Waals surface area contributed by atoms with Crippen LogP contribution in [0.15, 0.2) is 66.2 Å². The van der Waals surface area contributed by atoms with Gasteiger partial charge in [0.15, 0.2) is 11.5 Å². The molecule has 0 atom stereocenters. The number of rotatable bonds is 5. The standard InChI is InChI=1S/C23H18N2O5/c1-29-19-11-5-8-15(12-18-21(26)24-23(28)25-22(18)27)20(19)30-13-16-9-4-7-14-6-2-3-10-17(14)16/h2-12H,13H2,1H3,(H2,24,25,26,27,28). The van der Waals surface area contributed by atoms with Crippen LogP contribution in [0.4, 0.5) is 4.79 Å². The summed E-state index contributed by atoms with van der Waals surface area (Å²) in [5.74, 6) is -0.701. The third-order valence-corrected chi connectivity index (χ3v) is 4.72. The Kier molecular flexibility index (Phi) is 5.17. The van der Waals surface area contributed by atoms with E-state index in [-0.39, 0.29) is 12.2 Å². The van der Waals surface area contributed by atoms with Crippen molar-refractivity contribution in [2.24, 2.45) is 0 Å². The maximum atomic E-state index is 12.1.